The molecule has 0 radical (unpaired) electrons. The van der Waals surface area contributed by atoms with Crippen molar-refractivity contribution in [2.75, 3.05) is 0 Å². The molecule has 0 saturated heterocycles. The lowest BCUT2D eigenvalue weighted by Gasteiger charge is -2.29. The summed E-state index contributed by atoms with van der Waals surface area (Å²) in [5.41, 5.74) is 0. The predicted octanol–water partition coefficient (Wildman–Crippen LogP) is 4.50. The Bertz CT molecular complexity index is 466. The van der Waals surface area contributed by atoms with Crippen LogP contribution in [0.2, 0.25) is 0 Å². The summed E-state index contributed by atoms with van der Waals surface area (Å²) in [6.07, 6.45) is -3.36. The zero-order chi connectivity index (χ0) is 14.8. The molecule has 20 heavy (non-hydrogen) atoms. The standard InChI is InChI=1S/C13H15BrF3NOS/c14-10-5-6-20-11(10)7-18-12(19)8-1-3-9(4-2-8)13(15,16)17/h5-6,8-9H,1-4,7H2,(H,18,19). The number of amides is 1. The van der Waals surface area contributed by atoms with Gasteiger partial charge >= 0.3 is 6.18 Å². The van der Waals surface area contributed by atoms with Gasteiger partial charge in [0.1, 0.15) is 0 Å². The van der Waals surface area contributed by atoms with Gasteiger partial charge in [-0.05, 0) is 53.1 Å². The third-order valence-electron chi connectivity index (χ3n) is 3.68. The minimum atomic E-state index is -4.12. The first-order chi connectivity index (χ1) is 9.38. The molecule has 7 heteroatoms. The largest absolute Gasteiger partial charge is 0.391 e. The van der Waals surface area contributed by atoms with Crippen LogP contribution in [0.4, 0.5) is 13.2 Å². The summed E-state index contributed by atoms with van der Waals surface area (Å²) in [5, 5.41) is 4.73. The molecule has 1 N–H and O–H groups in total. The molecule has 2 rings (SSSR count). The molecule has 0 spiro atoms. The number of hydrogen-bond acceptors (Lipinski definition) is 2. The van der Waals surface area contributed by atoms with Gasteiger partial charge in [-0.1, -0.05) is 0 Å². The van der Waals surface area contributed by atoms with Gasteiger partial charge in [-0.15, -0.1) is 11.3 Å². The Morgan fingerprint density at radius 1 is 1.35 bits per heavy atom. The van der Waals surface area contributed by atoms with Crippen molar-refractivity contribution < 1.29 is 18.0 Å². The second kappa shape index (κ2) is 6.47. The van der Waals surface area contributed by atoms with Crippen LogP contribution in [0.3, 0.4) is 0 Å². The first-order valence-electron chi connectivity index (χ1n) is 6.44. The Balaban J connectivity index is 1.79. The molecule has 1 aromatic rings. The van der Waals surface area contributed by atoms with E-state index in [2.05, 4.69) is 21.2 Å². The Labute approximate surface area is 127 Å². The zero-order valence-electron chi connectivity index (χ0n) is 10.7. The van der Waals surface area contributed by atoms with Crippen molar-refractivity contribution in [3.63, 3.8) is 0 Å². The van der Waals surface area contributed by atoms with Crippen molar-refractivity contribution in [3.05, 3.63) is 20.8 Å². The van der Waals surface area contributed by atoms with Crippen molar-refractivity contribution >= 4 is 33.2 Å². The predicted molar refractivity (Wildman–Crippen MR) is 75.4 cm³/mol. The lowest BCUT2D eigenvalue weighted by molar-refractivity contribution is -0.184. The SMILES string of the molecule is O=C(NCc1sccc1Br)C1CCC(C(F)(F)F)CC1. The third kappa shape index (κ3) is 3.97. The average Bonchev–Trinajstić information content (AvgIpc) is 2.81. The van der Waals surface area contributed by atoms with Crippen LogP contribution in [0, 0.1) is 11.8 Å². The van der Waals surface area contributed by atoms with Crippen LogP contribution in [0.1, 0.15) is 30.6 Å². The summed E-state index contributed by atoms with van der Waals surface area (Å²) in [4.78, 5) is 13.0. The Morgan fingerprint density at radius 3 is 2.50 bits per heavy atom. The van der Waals surface area contributed by atoms with Crippen molar-refractivity contribution in [1.82, 2.24) is 5.32 Å². The number of nitrogens with one attached hydrogen (secondary N) is 1. The second-order valence-corrected chi connectivity index (χ2v) is 6.85. The van der Waals surface area contributed by atoms with Gasteiger partial charge in [0.05, 0.1) is 12.5 Å². The quantitative estimate of drug-likeness (QED) is 0.834. The molecule has 0 bridgehead atoms. The number of rotatable bonds is 3. The van der Waals surface area contributed by atoms with Gasteiger partial charge in [0, 0.05) is 15.3 Å². The molecule has 1 amide bonds. The van der Waals surface area contributed by atoms with E-state index >= 15 is 0 Å². The normalized spacial score (nSPS) is 23.6. The van der Waals surface area contributed by atoms with Gasteiger partial charge in [0.2, 0.25) is 5.91 Å². The van der Waals surface area contributed by atoms with Gasteiger partial charge in [-0.3, -0.25) is 4.79 Å². The first-order valence-corrected chi connectivity index (χ1v) is 8.11. The average molecular weight is 370 g/mol. The van der Waals surface area contributed by atoms with Gasteiger partial charge in [-0.2, -0.15) is 13.2 Å². The lowest BCUT2D eigenvalue weighted by Crippen LogP contribution is -2.35. The van der Waals surface area contributed by atoms with Crippen molar-refractivity contribution in [3.8, 4) is 0 Å². The summed E-state index contributed by atoms with van der Waals surface area (Å²) in [5.74, 6) is -1.66. The first kappa shape index (κ1) is 15.8. The maximum absolute atomic E-state index is 12.5. The van der Waals surface area contributed by atoms with E-state index in [4.69, 9.17) is 0 Å². The molecule has 1 fully saturated rings. The molecular weight excluding hydrogens is 355 g/mol. The second-order valence-electron chi connectivity index (χ2n) is 5.00. The third-order valence-corrected chi connectivity index (χ3v) is 5.60. The number of alkyl halides is 3. The van der Waals surface area contributed by atoms with E-state index in [1.54, 1.807) is 0 Å². The number of halogens is 4. The number of thiophene rings is 1. The van der Waals surface area contributed by atoms with Crippen LogP contribution in [0.5, 0.6) is 0 Å². The molecule has 1 aromatic heterocycles. The summed E-state index contributed by atoms with van der Waals surface area (Å²) >= 11 is 4.91. The fourth-order valence-electron chi connectivity index (χ4n) is 2.45. The molecule has 0 aliphatic heterocycles. The minimum absolute atomic E-state index is 0.0598. The van der Waals surface area contributed by atoms with Crippen LogP contribution in [0.15, 0.2) is 15.9 Å². The molecule has 1 heterocycles. The fourth-order valence-corrected chi connectivity index (χ4v) is 3.88. The fraction of sp³-hybridized carbons (Fsp3) is 0.615. The minimum Gasteiger partial charge on any atom is -0.351 e. The number of hydrogen-bond donors (Lipinski definition) is 1. The summed E-state index contributed by atoms with van der Waals surface area (Å²) in [6.45, 7) is 0.427. The van der Waals surface area contributed by atoms with E-state index in [1.165, 1.54) is 11.3 Å². The Hall–Kier alpha value is -0.560. The summed E-state index contributed by atoms with van der Waals surface area (Å²) < 4.78 is 38.6. The van der Waals surface area contributed by atoms with E-state index in [9.17, 15) is 18.0 Å². The van der Waals surface area contributed by atoms with Gasteiger partial charge in [0.15, 0.2) is 0 Å². The number of carbonyl (C=O) groups excluding carboxylic acids is 1. The zero-order valence-corrected chi connectivity index (χ0v) is 13.1. The van der Waals surface area contributed by atoms with Crippen molar-refractivity contribution in [2.24, 2.45) is 11.8 Å². The molecule has 0 aromatic carbocycles. The summed E-state index contributed by atoms with van der Waals surface area (Å²) in [7, 11) is 0. The molecular formula is C13H15BrF3NOS. The van der Waals surface area contributed by atoms with Crippen molar-refractivity contribution in [1.29, 1.82) is 0 Å². The van der Waals surface area contributed by atoms with Crippen LogP contribution < -0.4 is 5.32 Å². The Kier molecular flexibility index (Phi) is 5.12. The molecule has 0 unspecified atom stereocenters. The number of carbonyl (C=O) groups is 1. The van der Waals surface area contributed by atoms with E-state index in [-0.39, 0.29) is 24.7 Å². The van der Waals surface area contributed by atoms with Crippen LogP contribution in [-0.2, 0) is 11.3 Å². The summed E-state index contributed by atoms with van der Waals surface area (Å²) in [6, 6.07) is 1.90. The lowest BCUT2D eigenvalue weighted by atomic mass is 9.81. The van der Waals surface area contributed by atoms with E-state index in [0.29, 0.717) is 19.4 Å². The topological polar surface area (TPSA) is 29.1 Å². The van der Waals surface area contributed by atoms with E-state index in [1.807, 2.05) is 11.4 Å². The monoisotopic (exact) mass is 369 g/mol. The van der Waals surface area contributed by atoms with Crippen molar-refractivity contribution in [2.45, 2.75) is 38.4 Å². The van der Waals surface area contributed by atoms with E-state index in [0.717, 1.165) is 9.35 Å². The van der Waals surface area contributed by atoms with Gasteiger partial charge in [0.25, 0.3) is 0 Å². The highest BCUT2D eigenvalue weighted by atomic mass is 79.9. The highest BCUT2D eigenvalue weighted by Gasteiger charge is 2.42. The molecule has 1 saturated carbocycles. The van der Waals surface area contributed by atoms with Gasteiger partial charge < -0.3 is 5.32 Å². The molecule has 2 nitrogen and oxygen atoms in total. The highest BCUT2D eigenvalue weighted by molar-refractivity contribution is 9.10. The van der Waals surface area contributed by atoms with Gasteiger partial charge in [-0.25, -0.2) is 0 Å². The molecule has 1 aliphatic carbocycles. The highest BCUT2D eigenvalue weighted by Crippen LogP contribution is 2.39. The molecule has 0 atom stereocenters. The van der Waals surface area contributed by atoms with E-state index < -0.39 is 12.1 Å². The smallest absolute Gasteiger partial charge is 0.351 e. The molecule has 112 valence electrons. The van der Waals surface area contributed by atoms with Crippen LogP contribution in [0.25, 0.3) is 0 Å². The van der Waals surface area contributed by atoms with Crippen LogP contribution in [-0.4, -0.2) is 12.1 Å². The van der Waals surface area contributed by atoms with Crippen LogP contribution >= 0.6 is 27.3 Å². The maximum Gasteiger partial charge on any atom is 0.391 e. The maximum atomic E-state index is 12.5. The molecule has 1 aliphatic rings. The Morgan fingerprint density at radius 2 is 2.00 bits per heavy atom.